The Morgan fingerprint density at radius 1 is 1.11 bits per heavy atom. The van der Waals surface area contributed by atoms with Gasteiger partial charge < -0.3 is 15.0 Å². The van der Waals surface area contributed by atoms with E-state index in [1.807, 2.05) is 68.4 Å². The van der Waals surface area contributed by atoms with Gasteiger partial charge in [-0.15, -0.1) is 0 Å². The molecule has 3 rings (SSSR count). The van der Waals surface area contributed by atoms with Crippen LogP contribution in [0, 0.1) is 0 Å². The molecule has 0 bridgehead atoms. The van der Waals surface area contributed by atoms with Crippen LogP contribution in [0.2, 0.25) is 0 Å². The zero-order chi connectivity index (χ0) is 19.2. The summed E-state index contributed by atoms with van der Waals surface area (Å²) in [4.78, 5) is 28.3. The molecule has 3 amide bonds. The first kappa shape index (κ1) is 18.8. The number of nitrogens with zero attached hydrogens (tertiary/aromatic N) is 2. The largest absolute Gasteiger partial charge is 0.494 e. The number of hydrogen-bond acceptors (Lipinski definition) is 3. The summed E-state index contributed by atoms with van der Waals surface area (Å²) in [5, 5.41) is 2.95. The van der Waals surface area contributed by atoms with Crippen molar-refractivity contribution in [2.45, 2.75) is 19.9 Å². The van der Waals surface area contributed by atoms with Crippen molar-refractivity contribution in [3.63, 3.8) is 0 Å². The molecule has 27 heavy (non-hydrogen) atoms. The second-order valence-corrected chi connectivity index (χ2v) is 6.48. The van der Waals surface area contributed by atoms with Crippen LogP contribution < -0.4 is 15.0 Å². The van der Waals surface area contributed by atoms with Crippen LogP contribution in [0.1, 0.15) is 25.5 Å². The predicted molar refractivity (Wildman–Crippen MR) is 105 cm³/mol. The van der Waals surface area contributed by atoms with E-state index in [-0.39, 0.29) is 24.5 Å². The molecule has 1 atom stereocenters. The van der Waals surface area contributed by atoms with Gasteiger partial charge in [0.1, 0.15) is 12.3 Å². The van der Waals surface area contributed by atoms with Crippen LogP contribution in [0.15, 0.2) is 54.6 Å². The molecular weight excluding hydrogens is 342 g/mol. The Balaban J connectivity index is 1.56. The third-order valence-electron chi connectivity index (χ3n) is 4.57. The number of carbonyl (C=O) groups excluding carboxylic acids is 2. The predicted octanol–water partition coefficient (Wildman–Crippen LogP) is 3.20. The normalized spacial score (nSPS) is 15.0. The van der Waals surface area contributed by atoms with Gasteiger partial charge in [0.15, 0.2) is 0 Å². The molecule has 2 aromatic rings. The Labute approximate surface area is 159 Å². The number of anilines is 1. The number of ether oxygens (including phenoxy) is 1. The van der Waals surface area contributed by atoms with Gasteiger partial charge in [0.05, 0.1) is 12.6 Å². The molecule has 0 unspecified atom stereocenters. The van der Waals surface area contributed by atoms with E-state index in [2.05, 4.69) is 5.32 Å². The van der Waals surface area contributed by atoms with Gasteiger partial charge in [-0.3, -0.25) is 9.69 Å². The highest BCUT2D eigenvalue weighted by atomic mass is 16.5. The topological polar surface area (TPSA) is 61.9 Å². The molecule has 6 nitrogen and oxygen atoms in total. The molecule has 0 aliphatic carbocycles. The third kappa shape index (κ3) is 4.58. The first-order chi connectivity index (χ1) is 13.1. The Morgan fingerprint density at radius 2 is 1.81 bits per heavy atom. The van der Waals surface area contributed by atoms with Crippen LogP contribution in [0.5, 0.6) is 5.75 Å². The Kier molecular flexibility index (Phi) is 5.96. The van der Waals surface area contributed by atoms with Crippen molar-refractivity contribution in [1.29, 1.82) is 0 Å². The highest BCUT2D eigenvalue weighted by molar-refractivity contribution is 5.96. The lowest BCUT2D eigenvalue weighted by Crippen LogP contribution is -2.40. The molecule has 1 saturated heterocycles. The molecule has 0 aromatic heterocycles. The average Bonchev–Trinajstić information content (AvgIpc) is 3.03. The lowest BCUT2D eigenvalue weighted by molar-refractivity contribution is -0.122. The highest BCUT2D eigenvalue weighted by Crippen LogP contribution is 2.23. The van der Waals surface area contributed by atoms with Gasteiger partial charge in [0, 0.05) is 18.8 Å². The van der Waals surface area contributed by atoms with Crippen LogP contribution in [0.3, 0.4) is 0 Å². The monoisotopic (exact) mass is 367 g/mol. The fourth-order valence-electron chi connectivity index (χ4n) is 3.14. The summed E-state index contributed by atoms with van der Waals surface area (Å²) >= 11 is 0. The van der Waals surface area contributed by atoms with Crippen molar-refractivity contribution >= 4 is 17.6 Å². The molecule has 1 heterocycles. The molecule has 0 spiro atoms. The van der Waals surface area contributed by atoms with Crippen LogP contribution in [-0.2, 0) is 4.79 Å². The van der Waals surface area contributed by atoms with Crippen molar-refractivity contribution < 1.29 is 14.3 Å². The Bertz CT molecular complexity index is 777. The first-order valence-corrected chi connectivity index (χ1v) is 9.22. The standard InChI is InChI=1S/C21H25N3O3/c1-3-27-19-11-9-18(10-12-19)24-14-13-23(21(24)26)15-20(25)22-16(2)17-7-5-4-6-8-17/h4-12,16H,3,13-15H2,1-2H3,(H,22,25)/t16-/m1/s1. The second-order valence-electron chi connectivity index (χ2n) is 6.48. The van der Waals surface area contributed by atoms with Crippen LogP contribution in [0.25, 0.3) is 0 Å². The van der Waals surface area contributed by atoms with E-state index in [0.29, 0.717) is 19.7 Å². The summed E-state index contributed by atoms with van der Waals surface area (Å²) in [5.74, 6) is 0.618. The lowest BCUT2D eigenvalue weighted by atomic mass is 10.1. The van der Waals surface area contributed by atoms with E-state index in [1.165, 1.54) is 0 Å². The summed E-state index contributed by atoms with van der Waals surface area (Å²) in [5.41, 5.74) is 1.85. The number of nitrogens with one attached hydrogen (secondary N) is 1. The minimum Gasteiger partial charge on any atom is -0.494 e. The molecular formula is C21H25N3O3. The van der Waals surface area contributed by atoms with Crippen LogP contribution >= 0.6 is 0 Å². The summed E-state index contributed by atoms with van der Waals surface area (Å²) in [6.45, 7) is 5.62. The highest BCUT2D eigenvalue weighted by Gasteiger charge is 2.31. The van der Waals surface area contributed by atoms with E-state index in [9.17, 15) is 9.59 Å². The summed E-state index contributed by atoms with van der Waals surface area (Å²) in [6, 6.07) is 16.9. The van der Waals surface area contributed by atoms with E-state index < -0.39 is 0 Å². The van der Waals surface area contributed by atoms with E-state index in [4.69, 9.17) is 4.74 Å². The van der Waals surface area contributed by atoms with E-state index in [1.54, 1.807) is 9.80 Å². The molecule has 6 heteroatoms. The van der Waals surface area contributed by atoms with Gasteiger partial charge in [-0.1, -0.05) is 30.3 Å². The van der Waals surface area contributed by atoms with Crippen molar-refractivity contribution in [3.8, 4) is 5.75 Å². The summed E-state index contributed by atoms with van der Waals surface area (Å²) < 4.78 is 5.43. The molecule has 1 aliphatic heterocycles. The van der Waals surface area contributed by atoms with Gasteiger partial charge >= 0.3 is 6.03 Å². The van der Waals surface area contributed by atoms with Gasteiger partial charge in [-0.2, -0.15) is 0 Å². The number of hydrogen-bond donors (Lipinski definition) is 1. The van der Waals surface area contributed by atoms with Crippen molar-refractivity contribution in [2.24, 2.45) is 0 Å². The maximum absolute atomic E-state index is 12.6. The number of rotatable bonds is 7. The molecule has 1 N–H and O–H groups in total. The minimum atomic E-state index is -0.159. The molecule has 0 radical (unpaired) electrons. The summed E-state index contributed by atoms with van der Waals surface area (Å²) in [7, 11) is 0. The first-order valence-electron chi connectivity index (χ1n) is 9.22. The molecule has 2 aromatic carbocycles. The Morgan fingerprint density at radius 3 is 2.48 bits per heavy atom. The van der Waals surface area contributed by atoms with E-state index in [0.717, 1.165) is 17.0 Å². The molecule has 1 aliphatic rings. The smallest absolute Gasteiger partial charge is 0.325 e. The van der Waals surface area contributed by atoms with Crippen molar-refractivity contribution in [2.75, 3.05) is 31.1 Å². The van der Waals surface area contributed by atoms with E-state index >= 15 is 0 Å². The summed E-state index contributed by atoms with van der Waals surface area (Å²) in [6.07, 6.45) is 0. The number of carbonyl (C=O) groups is 2. The maximum Gasteiger partial charge on any atom is 0.325 e. The van der Waals surface area contributed by atoms with Crippen molar-refractivity contribution in [1.82, 2.24) is 10.2 Å². The van der Waals surface area contributed by atoms with Gasteiger partial charge in [0.25, 0.3) is 0 Å². The third-order valence-corrected chi connectivity index (χ3v) is 4.57. The lowest BCUT2D eigenvalue weighted by Gasteiger charge is -2.20. The molecule has 1 fully saturated rings. The number of amides is 3. The van der Waals surface area contributed by atoms with Crippen molar-refractivity contribution in [3.05, 3.63) is 60.2 Å². The van der Waals surface area contributed by atoms with Gasteiger partial charge in [-0.25, -0.2) is 4.79 Å². The quantitative estimate of drug-likeness (QED) is 0.817. The zero-order valence-electron chi connectivity index (χ0n) is 15.7. The number of benzene rings is 2. The van der Waals surface area contributed by atoms with Crippen LogP contribution in [-0.4, -0.2) is 43.1 Å². The minimum absolute atomic E-state index is 0.0591. The maximum atomic E-state index is 12.6. The van der Waals surface area contributed by atoms with Gasteiger partial charge in [-0.05, 0) is 43.7 Å². The second kappa shape index (κ2) is 8.58. The average molecular weight is 367 g/mol. The zero-order valence-corrected chi connectivity index (χ0v) is 15.7. The molecule has 0 saturated carbocycles. The fraction of sp³-hybridized carbons (Fsp3) is 0.333. The van der Waals surface area contributed by atoms with Gasteiger partial charge in [0.2, 0.25) is 5.91 Å². The SMILES string of the molecule is CCOc1ccc(N2CCN(CC(=O)N[C@H](C)c3ccccc3)C2=O)cc1. The Hall–Kier alpha value is -3.02. The molecule has 142 valence electrons. The number of urea groups is 1. The fourth-order valence-corrected chi connectivity index (χ4v) is 3.14. The van der Waals surface area contributed by atoms with Crippen LogP contribution in [0.4, 0.5) is 10.5 Å².